The summed E-state index contributed by atoms with van der Waals surface area (Å²) in [5, 5.41) is 0. The van der Waals surface area contributed by atoms with Crippen LogP contribution in [0.2, 0.25) is 0 Å². The highest BCUT2D eigenvalue weighted by atomic mass is 127. The van der Waals surface area contributed by atoms with Crippen LogP contribution < -0.4 is 4.90 Å². The van der Waals surface area contributed by atoms with Crippen LogP contribution in [0.15, 0.2) is 48.4 Å². The molecule has 0 radical (unpaired) electrons. The van der Waals surface area contributed by atoms with Crippen molar-refractivity contribution in [3.05, 3.63) is 59.5 Å². The predicted octanol–water partition coefficient (Wildman–Crippen LogP) is 3.32. The Balaban J connectivity index is 0.00000133. The highest BCUT2D eigenvalue weighted by Crippen LogP contribution is 2.33. The fourth-order valence-corrected chi connectivity index (χ4v) is 2.31. The Morgan fingerprint density at radius 1 is 1.11 bits per heavy atom. The Bertz CT molecular complexity index is 658. The van der Waals surface area contributed by atoms with Crippen LogP contribution in [0.1, 0.15) is 15.9 Å². The van der Waals surface area contributed by atoms with Crippen LogP contribution in [-0.2, 0) is 7.05 Å². The fourth-order valence-electron chi connectivity index (χ4n) is 2.31. The van der Waals surface area contributed by atoms with E-state index < -0.39 is 0 Å². The standard InChI is InChI=1S/C15H14N2O.HI/c1-16-8-7-11(10-16)9-14-15(18)12-5-3-4-6-13(12)17(14)2;/h3-10H,1-2H3;1H. The van der Waals surface area contributed by atoms with Gasteiger partial charge in [-0.15, -0.1) is 24.0 Å². The number of carbonyl (C=O) groups is 1. The fraction of sp³-hybridized carbons (Fsp3) is 0.133. The Morgan fingerprint density at radius 2 is 1.84 bits per heavy atom. The maximum absolute atomic E-state index is 12.3. The zero-order valence-electron chi connectivity index (χ0n) is 10.8. The zero-order chi connectivity index (χ0) is 12.7. The molecule has 0 fully saturated rings. The summed E-state index contributed by atoms with van der Waals surface area (Å²) in [5.74, 6) is 0.0944. The first kappa shape index (κ1) is 13.9. The Morgan fingerprint density at radius 3 is 2.47 bits per heavy atom. The predicted molar refractivity (Wildman–Crippen MR) is 88.0 cm³/mol. The van der Waals surface area contributed by atoms with Crippen molar-refractivity contribution in [1.29, 1.82) is 0 Å². The number of aryl methyl sites for hydroxylation is 1. The summed E-state index contributed by atoms with van der Waals surface area (Å²) in [5.41, 5.74) is 3.52. The number of aromatic nitrogens is 1. The van der Waals surface area contributed by atoms with Gasteiger partial charge in [-0.2, -0.15) is 0 Å². The van der Waals surface area contributed by atoms with E-state index in [1.54, 1.807) is 0 Å². The Labute approximate surface area is 129 Å². The van der Waals surface area contributed by atoms with Crippen LogP contribution in [0.3, 0.4) is 0 Å². The van der Waals surface area contributed by atoms with Crippen LogP contribution in [0.5, 0.6) is 0 Å². The lowest BCUT2D eigenvalue weighted by Crippen LogP contribution is -2.13. The van der Waals surface area contributed by atoms with E-state index in [1.807, 2.05) is 72.4 Å². The van der Waals surface area contributed by atoms with Crippen LogP contribution in [0, 0.1) is 0 Å². The second-order valence-corrected chi connectivity index (χ2v) is 4.55. The van der Waals surface area contributed by atoms with E-state index >= 15 is 0 Å². The average molecular weight is 366 g/mol. The molecule has 0 amide bonds. The number of benzene rings is 1. The van der Waals surface area contributed by atoms with Crippen molar-refractivity contribution in [3.8, 4) is 0 Å². The lowest BCUT2D eigenvalue weighted by Gasteiger charge is -2.12. The molecule has 1 aromatic carbocycles. The summed E-state index contributed by atoms with van der Waals surface area (Å²) in [6.07, 6.45) is 5.90. The molecule has 1 aliphatic heterocycles. The minimum Gasteiger partial charge on any atom is -0.357 e. The quantitative estimate of drug-likeness (QED) is 0.572. The van der Waals surface area contributed by atoms with Gasteiger partial charge < -0.3 is 9.47 Å². The monoisotopic (exact) mass is 366 g/mol. The molecular formula is C15H15IN2O. The number of halogens is 1. The normalized spacial score (nSPS) is 15.6. The van der Waals surface area contributed by atoms with Gasteiger partial charge in [0.05, 0.1) is 11.4 Å². The SMILES string of the molecule is CN1C(=Cc2ccn(C)c2)C(=O)c2ccccc21.I. The summed E-state index contributed by atoms with van der Waals surface area (Å²) in [6, 6.07) is 9.69. The lowest BCUT2D eigenvalue weighted by molar-refractivity contribution is 0.104. The zero-order valence-corrected chi connectivity index (χ0v) is 13.2. The highest BCUT2D eigenvalue weighted by molar-refractivity contribution is 14.0. The molecule has 0 bridgehead atoms. The van der Waals surface area contributed by atoms with Gasteiger partial charge in [0, 0.05) is 32.1 Å². The van der Waals surface area contributed by atoms with E-state index in [9.17, 15) is 4.79 Å². The van der Waals surface area contributed by atoms with E-state index in [-0.39, 0.29) is 29.8 Å². The van der Waals surface area contributed by atoms with E-state index in [1.165, 1.54) is 0 Å². The topological polar surface area (TPSA) is 25.2 Å². The number of hydrogen-bond acceptors (Lipinski definition) is 2. The Kier molecular flexibility index (Phi) is 3.80. The second-order valence-electron chi connectivity index (χ2n) is 4.55. The molecule has 3 rings (SSSR count). The van der Waals surface area contributed by atoms with Gasteiger partial charge in [-0.3, -0.25) is 4.79 Å². The minimum atomic E-state index is 0. The number of fused-ring (bicyclic) bond motifs is 1. The molecule has 3 nitrogen and oxygen atoms in total. The minimum absolute atomic E-state index is 0. The Hall–Kier alpha value is -1.56. The van der Waals surface area contributed by atoms with Gasteiger partial charge in [0.2, 0.25) is 5.78 Å². The van der Waals surface area contributed by atoms with Crippen molar-refractivity contribution >= 4 is 41.5 Å². The van der Waals surface area contributed by atoms with Crippen LogP contribution in [0.25, 0.3) is 6.08 Å². The lowest BCUT2D eigenvalue weighted by atomic mass is 10.1. The van der Waals surface area contributed by atoms with Crippen LogP contribution >= 0.6 is 24.0 Å². The molecule has 0 spiro atoms. The van der Waals surface area contributed by atoms with Crippen molar-refractivity contribution in [1.82, 2.24) is 4.57 Å². The van der Waals surface area contributed by atoms with Gasteiger partial charge in [0.1, 0.15) is 0 Å². The third-order valence-corrected chi connectivity index (χ3v) is 3.26. The number of carbonyl (C=O) groups excluding carboxylic acids is 1. The maximum atomic E-state index is 12.3. The molecule has 98 valence electrons. The number of anilines is 1. The van der Waals surface area contributed by atoms with Gasteiger partial charge in [0.15, 0.2) is 0 Å². The number of rotatable bonds is 1. The second kappa shape index (κ2) is 5.21. The van der Waals surface area contributed by atoms with Crippen molar-refractivity contribution in [2.75, 3.05) is 11.9 Å². The van der Waals surface area contributed by atoms with Gasteiger partial charge in [-0.1, -0.05) is 12.1 Å². The smallest absolute Gasteiger partial charge is 0.211 e. The van der Waals surface area contributed by atoms with E-state index in [0.717, 1.165) is 22.5 Å². The van der Waals surface area contributed by atoms with Gasteiger partial charge in [-0.05, 0) is 29.8 Å². The van der Waals surface area contributed by atoms with E-state index in [4.69, 9.17) is 0 Å². The number of nitrogens with zero attached hydrogens (tertiary/aromatic N) is 2. The first-order valence-corrected chi connectivity index (χ1v) is 5.88. The van der Waals surface area contributed by atoms with E-state index in [0.29, 0.717) is 0 Å². The van der Waals surface area contributed by atoms with Crippen LogP contribution in [0.4, 0.5) is 5.69 Å². The van der Waals surface area contributed by atoms with Crippen LogP contribution in [-0.4, -0.2) is 17.4 Å². The average Bonchev–Trinajstić information content (AvgIpc) is 2.88. The largest absolute Gasteiger partial charge is 0.357 e. The number of Topliss-reactive ketones (excluding diaryl/α,β-unsaturated/α-hetero) is 1. The molecule has 2 aromatic rings. The van der Waals surface area contributed by atoms with Gasteiger partial charge >= 0.3 is 0 Å². The molecule has 0 aliphatic carbocycles. The van der Waals surface area contributed by atoms with E-state index in [2.05, 4.69) is 0 Å². The van der Waals surface area contributed by atoms with Gasteiger partial charge in [0.25, 0.3) is 0 Å². The summed E-state index contributed by atoms with van der Waals surface area (Å²) < 4.78 is 1.97. The first-order chi connectivity index (χ1) is 8.66. The number of ketones is 1. The summed E-state index contributed by atoms with van der Waals surface area (Å²) >= 11 is 0. The summed E-state index contributed by atoms with van der Waals surface area (Å²) in [4.78, 5) is 14.3. The molecule has 19 heavy (non-hydrogen) atoms. The number of hydrogen-bond donors (Lipinski definition) is 0. The molecular weight excluding hydrogens is 351 g/mol. The molecule has 0 unspecified atom stereocenters. The molecule has 1 aliphatic rings. The molecule has 0 saturated heterocycles. The number of para-hydroxylation sites is 1. The summed E-state index contributed by atoms with van der Waals surface area (Å²) in [6.45, 7) is 0. The van der Waals surface area contributed by atoms with Crippen molar-refractivity contribution in [3.63, 3.8) is 0 Å². The third-order valence-electron chi connectivity index (χ3n) is 3.26. The third kappa shape index (κ3) is 2.32. The molecule has 0 saturated carbocycles. The van der Waals surface area contributed by atoms with Crippen molar-refractivity contribution in [2.45, 2.75) is 0 Å². The molecule has 1 aromatic heterocycles. The maximum Gasteiger partial charge on any atom is 0.211 e. The number of likely N-dealkylation sites (N-methyl/N-ethyl adjacent to an activating group) is 1. The number of allylic oxidation sites excluding steroid dienone is 1. The van der Waals surface area contributed by atoms with Gasteiger partial charge in [-0.25, -0.2) is 0 Å². The molecule has 2 heterocycles. The highest BCUT2D eigenvalue weighted by Gasteiger charge is 2.28. The van der Waals surface area contributed by atoms with Crippen molar-refractivity contribution in [2.24, 2.45) is 7.05 Å². The molecule has 0 atom stereocenters. The summed E-state index contributed by atoms with van der Waals surface area (Å²) in [7, 11) is 3.90. The van der Waals surface area contributed by atoms with Crippen molar-refractivity contribution < 1.29 is 4.79 Å². The molecule has 4 heteroatoms. The molecule has 0 N–H and O–H groups in total. The first-order valence-electron chi connectivity index (χ1n) is 5.88.